The number of aliphatic hydroxyl groups is 1. The summed E-state index contributed by atoms with van der Waals surface area (Å²) in [5, 5.41) is 25.1. The first-order valence-electron chi connectivity index (χ1n) is 9.63. The maximum atomic E-state index is 12.4. The van der Waals surface area contributed by atoms with Gasteiger partial charge < -0.3 is 43.4 Å². The van der Waals surface area contributed by atoms with Crippen LogP contribution in [0.15, 0.2) is 0 Å². The van der Waals surface area contributed by atoms with E-state index >= 15 is 0 Å². The second-order valence-electron chi connectivity index (χ2n) is 6.59. The SMILES string of the molecule is NCCCCC(N)C(=O)NC(CO)C(=O)NC(CCCCN)C(=O)NCC(=O)O. The number of amides is 3. The van der Waals surface area contributed by atoms with E-state index < -0.39 is 55.0 Å². The highest BCUT2D eigenvalue weighted by atomic mass is 16.4. The maximum Gasteiger partial charge on any atom is 0.322 e. The molecule has 0 aromatic heterocycles. The molecule has 0 aliphatic heterocycles. The Bertz CT molecular complexity index is 533. The molecule has 0 aromatic carbocycles. The Hall–Kier alpha value is -2.28. The molecule has 0 saturated carbocycles. The molecule has 3 atom stereocenters. The molecule has 12 nitrogen and oxygen atoms in total. The van der Waals surface area contributed by atoms with Crippen LogP contribution in [0.3, 0.4) is 0 Å². The van der Waals surface area contributed by atoms with Crippen LogP contribution in [0, 0.1) is 0 Å². The van der Waals surface area contributed by atoms with Gasteiger partial charge in [0.15, 0.2) is 0 Å². The van der Waals surface area contributed by atoms with Crippen LogP contribution >= 0.6 is 0 Å². The molecule has 0 fully saturated rings. The number of nitrogens with two attached hydrogens (primary N) is 3. The van der Waals surface area contributed by atoms with Gasteiger partial charge in [0.1, 0.15) is 18.6 Å². The third-order valence-corrected chi connectivity index (χ3v) is 4.12. The summed E-state index contributed by atoms with van der Waals surface area (Å²) in [5.74, 6) is -3.29. The second kappa shape index (κ2) is 15.6. The molecule has 168 valence electrons. The zero-order valence-electron chi connectivity index (χ0n) is 16.6. The average molecular weight is 418 g/mol. The van der Waals surface area contributed by atoms with Crippen LogP contribution in [0.5, 0.6) is 0 Å². The van der Waals surface area contributed by atoms with E-state index in [2.05, 4.69) is 16.0 Å². The summed E-state index contributed by atoms with van der Waals surface area (Å²) >= 11 is 0. The first kappa shape index (κ1) is 26.7. The van der Waals surface area contributed by atoms with E-state index in [1.165, 1.54) is 0 Å². The summed E-state index contributed by atoms with van der Waals surface area (Å²) in [5.41, 5.74) is 16.6. The monoisotopic (exact) mass is 418 g/mol. The Labute approximate surface area is 169 Å². The first-order valence-corrected chi connectivity index (χ1v) is 9.63. The topological polar surface area (TPSA) is 223 Å². The lowest BCUT2D eigenvalue weighted by atomic mass is 10.1. The van der Waals surface area contributed by atoms with Gasteiger partial charge in [-0.1, -0.05) is 6.42 Å². The Kier molecular flexibility index (Phi) is 14.4. The van der Waals surface area contributed by atoms with Gasteiger partial charge in [-0.25, -0.2) is 0 Å². The summed E-state index contributed by atoms with van der Waals surface area (Å²) in [6, 6.07) is -3.19. The zero-order chi connectivity index (χ0) is 22.2. The largest absolute Gasteiger partial charge is 0.480 e. The normalized spacial score (nSPS) is 13.8. The minimum atomic E-state index is -1.30. The number of carboxylic acids is 1. The Morgan fingerprint density at radius 2 is 1.34 bits per heavy atom. The van der Waals surface area contributed by atoms with Crippen molar-refractivity contribution in [3.05, 3.63) is 0 Å². The van der Waals surface area contributed by atoms with E-state index in [1.807, 2.05) is 0 Å². The fraction of sp³-hybridized carbons (Fsp3) is 0.765. The van der Waals surface area contributed by atoms with Crippen molar-refractivity contribution in [2.24, 2.45) is 17.2 Å². The van der Waals surface area contributed by atoms with Gasteiger partial charge in [-0.05, 0) is 45.2 Å². The fourth-order valence-electron chi connectivity index (χ4n) is 2.43. The second-order valence-corrected chi connectivity index (χ2v) is 6.59. The minimum Gasteiger partial charge on any atom is -0.480 e. The van der Waals surface area contributed by atoms with Crippen LogP contribution in [0.1, 0.15) is 38.5 Å². The first-order chi connectivity index (χ1) is 13.8. The molecule has 0 spiro atoms. The number of aliphatic hydroxyl groups excluding tert-OH is 1. The van der Waals surface area contributed by atoms with E-state index in [9.17, 15) is 24.3 Å². The van der Waals surface area contributed by atoms with Crippen LogP contribution in [0.4, 0.5) is 0 Å². The van der Waals surface area contributed by atoms with Crippen molar-refractivity contribution in [2.45, 2.75) is 56.7 Å². The van der Waals surface area contributed by atoms with E-state index in [0.717, 1.165) is 0 Å². The molecule has 0 bridgehead atoms. The van der Waals surface area contributed by atoms with Gasteiger partial charge in [0.05, 0.1) is 12.6 Å². The highest BCUT2D eigenvalue weighted by Crippen LogP contribution is 2.03. The summed E-state index contributed by atoms with van der Waals surface area (Å²) < 4.78 is 0. The average Bonchev–Trinajstić information content (AvgIpc) is 2.69. The third kappa shape index (κ3) is 12.0. The van der Waals surface area contributed by atoms with Crippen LogP contribution in [0.2, 0.25) is 0 Å². The Balaban J connectivity index is 4.86. The molecule has 0 radical (unpaired) electrons. The van der Waals surface area contributed by atoms with E-state index in [1.54, 1.807) is 0 Å². The third-order valence-electron chi connectivity index (χ3n) is 4.12. The van der Waals surface area contributed by atoms with Gasteiger partial charge in [-0.15, -0.1) is 0 Å². The Morgan fingerprint density at radius 1 is 0.793 bits per heavy atom. The number of carbonyl (C=O) groups excluding carboxylic acids is 3. The molecule has 29 heavy (non-hydrogen) atoms. The number of carboxylic acid groups (broad SMARTS) is 1. The van der Waals surface area contributed by atoms with Gasteiger partial charge in [-0.3, -0.25) is 19.2 Å². The number of hydrogen-bond donors (Lipinski definition) is 8. The highest BCUT2D eigenvalue weighted by molar-refractivity contribution is 5.93. The van der Waals surface area contributed by atoms with Crippen molar-refractivity contribution in [2.75, 3.05) is 26.2 Å². The predicted octanol–water partition coefficient (Wildman–Crippen LogP) is -3.27. The molecule has 0 saturated heterocycles. The smallest absolute Gasteiger partial charge is 0.322 e. The molecule has 0 rings (SSSR count). The molecule has 0 aliphatic carbocycles. The minimum absolute atomic E-state index is 0.221. The molecule has 3 unspecified atom stereocenters. The molecule has 12 heteroatoms. The standard InChI is InChI=1S/C17H34N6O6/c18-7-3-1-5-11(20)15(27)23-13(10-24)17(29)22-12(6-2-4-8-19)16(28)21-9-14(25)26/h11-13,24H,1-10,18-20H2,(H,21,28)(H,22,29)(H,23,27)(H,25,26). The maximum absolute atomic E-state index is 12.4. The number of nitrogens with one attached hydrogen (secondary N) is 3. The van der Waals surface area contributed by atoms with Gasteiger partial charge in [0, 0.05) is 0 Å². The van der Waals surface area contributed by atoms with E-state index in [0.29, 0.717) is 45.2 Å². The van der Waals surface area contributed by atoms with Crippen molar-refractivity contribution >= 4 is 23.7 Å². The lowest BCUT2D eigenvalue weighted by Crippen LogP contribution is -2.57. The fourth-order valence-corrected chi connectivity index (χ4v) is 2.43. The summed E-state index contributed by atoms with van der Waals surface area (Å²) in [7, 11) is 0. The number of aliphatic carboxylic acids is 1. The van der Waals surface area contributed by atoms with Gasteiger partial charge in [0.2, 0.25) is 17.7 Å². The van der Waals surface area contributed by atoms with Crippen molar-refractivity contribution < 1.29 is 29.4 Å². The number of rotatable bonds is 16. The molecule has 3 amide bonds. The van der Waals surface area contributed by atoms with E-state index in [-0.39, 0.29) is 6.42 Å². The lowest BCUT2D eigenvalue weighted by Gasteiger charge is -2.23. The number of unbranched alkanes of at least 4 members (excludes halogenated alkanes) is 2. The van der Waals surface area contributed by atoms with E-state index in [4.69, 9.17) is 22.3 Å². The Morgan fingerprint density at radius 3 is 1.86 bits per heavy atom. The molecule has 11 N–H and O–H groups in total. The van der Waals surface area contributed by atoms with Crippen LogP contribution in [-0.4, -0.2) is 78.3 Å². The van der Waals surface area contributed by atoms with Crippen molar-refractivity contribution in [1.29, 1.82) is 0 Å². The quantitative estimate of drug-likeness (QED) is 0.118. The number of hydrogen-bond acceptors (Lipinski definition) is 8. The van der Waals surface area contributed by atoms with Gasteiger partial charge in [0.25, 0.3) is 0 Å². The molecule has 0 aromatic rings. The van der Waals surface area contributed by atoms with Crippen molar-refractivity contribution in [3.63, 3.8) is 0 Å². The number of carbonyl (C=O) groups is 4. The van der Waals surface area contributed by atoms with Crippen LogP contribution in [0.25, 0.3) is 0 Å². The lowest BCUT2D eigenvalue weighted by molar-refractivity contribution is -0.138. The van der Waals surface area contributed by atoms with Gasteiger partial charge >= 0.3 is 5.97 Å². The summed E-state index contributed by atoms with van der Waals surface area (Å²) in [6.45, 7) is -0.417. The molecule has 0 aliphatic rings. The highest BCUT2D eigenvalue weighted by Gasteiger charge is 2.27. The molecular formula is C17H34N6O6. The zero-order valence-corrected chi connectivity index (χ0v) is 16.6. The van der Waals surface area contributed by atoms with Crippen molar-refractivity contribution in [1.82, 2.24) is 16.0 Å². The molecular weight excluding hydrogens is 384 g/mol. The van der Waals surface area contributed by atoms with Crippen molar-refractivity contribution in [3.8, 4) is 0 Å². The van der Waals surface area contributed by atoms with Crippen LogP contribution < -0.4 is 33.2 Å². The molecule has 0 heterocycles. The summed E-state index contributed by atoms with van der Waals surface area (Å²) in [6.07, 6.45) is 3.08. The van der Waals surface area contributed by atoms with Crippen LogP contribution in [-0.2, 0) is 19.2 Å². The summed E-state index contributed by atoms with van der Waals surface area (Å²) in [4.78, 5) is 47.3. The predicted molar refractivity (Wildman–Crippen MR) is 105 cm³/mol. The van der Waals surface area contributed by atoms with Gasteiger partial charge in [-0.2, -0.15) is 0 Å².